The maximum atomic E-state index is 12.4. The monoisotopic (exact) mass is 304 g/mol. The Hall–Kier alpha value is -2.94. The molecule has 0 radical (unpaired) electrons. The van der Waals surface area contributed by atoms with Crippen molar-refractivity contribution in [2.45, 2.75) is 13.3 Å². The largest absolute Gasteiger partial charge is 0.422 e. The van der Waals surface area contributed by atoms with E-state index in [9.17, 15) is 9.59 Å². The molecule has 0 aliphatic heterocycles. The van der Waals surface area contributed by atoms with Gasteiger partial charge in [0.05, 0.1) is 5.56 Å². The van der Waals surface area contributed by atoms with E-state index in [1.807, 2.05) is 30.3 Å². The molecule has 0 saturated carbocycles. The summed E-state index contributed by atoms with van der Waals surface area (Å²) in [4.78, 5) is 24.1. The minimum atomic E-state index is -0.579. The van der Waals surface area contributed by atoms with Crippen LogP contribution in [0.5, 0.6) is 5.75 Å². The summed E-state index contributed by atoms with van der Waals surface area (Å²) in [6.45, 7) is 8.76. The van der Waals surface area contributed by atoms with Crippen LogP contribution in [0.15, 0.2) is 61.2 Å². The molecule has 3 heteroatoms. The van der Waals surface area contributed by atoms with E-state index in [4.69, 9.17) is 4.74 Å². The van der Waals surface area contributed by atoms with Gasteiger partial charge in [-0.05, 0) is 35.3 Å². The molecule has 0 heterocycles. The molecule has 0 bridgehead atoms. The molecule has 0 fully saturated rings. The maximum Gasteiger partial charge on any atom is 0.335 e. The Balaban J connectivity index is 2.20. The SMILES string of the molecule is C=CC(=O)Oc1c(C(=O)C(=C)C)ccc2c1Cc1ccccc1-2. The highest BCUT2D eigenvalue weighted by Crippen LogP contribution is 2.43. The second-order valence-corrected chi connectivity index (χ2v) is 5.54. The first-order valence-corrected chi connectivity index (χ1v) is 7.31. The lowest BCUT2D eigenvalue weighted by Crippen LogP contribution is -2.11. The molecule has 0 aromatic heterocycles. The Morgan fingerprint density at radius 3 is 2.57 bits per heavy atom. The second-order valence-electron chi connectivity index (χ2n) is 5.54. The summed E-state index contributed by atoms with van der Waals surface area (Å²) in [7, 11) is 0. The third-order valence-corrected chi connectivity index (χ3v) is 3.94. The van der Waals surface area contributed by atoms with Crippen molar-refractivity contribution < 1.29 is 14.3 Å². The van der Waals surface area contributed by atoms with Gasteiger partial charge in [-0.3, -0.25) is 4.79 Å². The zero-order valence-corrected chi connectivity index (χ0v) is 12.9. The van der Waals surface area contributed by atoms with Gasteiger partial charge in [-0.2, -0.15) is 0 Å². The number of fused-ring (bicyclic) bond motifs is 3. The van der Waals surface area contributed by atoms with Crippen molar-refractivity contribution in [2.24, 2.45) is 0 Å². The van der Waals surface area contributed by atoms with E-state index in [1.165, 1.54) is 0 Å². The van der Waals surface area contributed by atoms with Gasteiger partial charge in [-0.15, -0.1) is 0 Å². The summed E-state index contributed by atoms with van der Waals surface area (Å²) < 4.78 is 5.42. The van der Waals surface area contributed by atoms with Crippen LogP contribution >= 0.6 is 0 Å². The fourth-order valence-corrected chi connectivity index (χ4v) is 2.85. The standard InChI is InChI=1S/C20H16O3/c1-4-18(21)23-20-16(19(22)12(2)3)10-9-15-14-8-6-5-7-13(14)11-17(15)20/h4-10H,1-2,11H2,3H3. The summed E-state index contributed by atoms with van der Waals surface area (Å²) in [6, 6.07) is 11.6. The van der Waals surface area contributed by atoms with Crippen molar-refractivity contribution in [1.82, 2.24) is 0 Å². The van der Waals surface area contributed by atoms with Crippen LogP contribution in [0.3, 0.4) is 0 Å². The molecule has 2 aromatic rings. The fraction of sp³-hybridized carbons (Fsp3) is 0.100. The summed E-state index contributed by atoms with van der Waals surface area (Å²) in [5, 5.41) is 0. The van der Waals surface area contributed by atoms with Crippen molar-refractivity contribution in [1.29, 1.82) is 0 Å². The number of benzene rings is 2. The Morgan fingerprint density at radius 1 is 1.13 bits per heavy atom. The van der Waals surface area contributed by atoms with E-state index >= 15 is 0 Å². The Morgan fingerprint density at radius 2 is 1.87 bits per heavy atom. The first-order valence-electron chi connectivity index (χ1n) is 7.31. The molecule has 23 heavy (non-hydrogen) atoms. The zero-order valence-electron chi connectivity index (χ0n) is 12.9. The quantitative estimate of drug-likeness (QED) is 0.315. The topological polar surface area (TPSA) is 43.4 Å². The van der Waals surface area contributed by atoms with Gasteiger partial charge in [0.2, 0.25) is 0 Å². The molecule has 0 saturated heterocycles. The molecule has 3 nitrogen and oxygen atoms in total. The van der Waals surface area contributed by atoms with Crippen LogP contribution in [0.1, 0.15) is 28.4 Å². The average molecular weight is 304 g/mol. The molecule has 0 amide bonds. The van der Waals surface area contributed by atoms with E-state index in [0.29, 0.717) is 23.3 Å². The number of allylic oxidation sites excluding steroid dienone is 1. The van der Waals surface area contributed by atoms with Crippen LogP contribution in [0.2, 0.25) is 0 Å². The zero-order chi connectivity index (χ0) is 16.6. The van der Waals surface area contributed by atoms with E-state index < -0.39 is 5.97 Å². The minimum Gasteiger partial charge on any atom is -0.422 e. The molecule has 1 aliphatic carbocycles. The Bertz CT molecular complexity index is 859. The number of carbonyl (C=O) groups is 2. The Labute approximate surface area is 134 Å². The third kappa shape index (κ3) is 2.50. The normalized spacial score (nSPS) is 11.3. The molecular weight excluding hydrogens is 288 g/mol. The number of Topliss-reactive ketones (excluding diaryl/α,β-unsaturated/α-hetero) is 1. The summed E-state index contributed by atoms with van der Waals surface area (Å²) >= 11 is 0. The van der Waals surface area contributed by atoms with Crippen molar-refractivity contribution >= 4 is 11.8 Å². The van der Waals surface area contributed by atoms with Crippen LogP contribution < -0.4 is 4.74 Å². The number of hydrogen-bond donors (Lipinski definition) is 0. The molecule has 0 atom stereocenters. The van der Waals surface area contributed by atoms with Gasteiger partial charge in [0.1, 0.15) is 5.75 Å². The first-order chi connectivity index (χ1) is 11.0. The molecule has 0 N–H and O–H groups in total. The van der Waals surface area contributed by atoms with E-state index in [1.54, 1.807) is 13.0 Å². The molecule has 1 aliphatic rings. The smallest absolute Gasteiger partial charge is 0.335 e. The molecule has 3 rings (SSSR count). The summed E-state index contributed by atoms with van der Waals surface area (Å²) in [5.41, 5.74) is 4.86. The lowest BCUT2D eigenvalue weighted by atomic mass is 9.97. The van der Waals surface area contributed by atoms with Gasteiger partial charge in [0.25, 0.3) is 0 Å². The maximum absolute atomic E-state index is 12.4. The number of rotatable bonds is 4. The van der Waals surface area contributed by atoms with Crippen molar-refractivity contribution in [3.05, 3.63) is 77.9 Å². The highest BCUT2D eigenvalue weighted by Gasteiger charge is 2.27. The van der Waals surface area contributed by atoms with Crippen molar-refractivity contribution in [3.8, 4) is 16.9 Å². The highest BCUT2D eigenvalue weighted by atomic mass is 16.5. The molecule has 114 valence electrons. The van der Waals surface area contributed by atoms with Gasteiger partial charge in [0.15, 0.2) is 5.78 Å². The van der Waals surface area contributed by atoms with Gasteiger partial charge in [-0.25, -0.2) is 4.79 Å². The molecule has 2 aromatic carbocycles. The van der Waals surface area contributed by atoms with Gasteiger partial charge < -0.3 is 4.74 Å². The van der Waals surface area contributed by atoms with Gasteiger partial charge in [0, 0.05) is 18.1 Å². The molecule has 0 spiro atoms. The fourth-order valence-electron chi connectivity index (χ4n) is 2.85. The summed E-state index contributed by atoms with van der Waals surface area (Å²) in [5.74, 6) is -0.489. The predicted octanol–water partition coefficient (Wildman–Crippen LogP) is 4.11. The number of hydrogen-bond acceptors (Lipinski definition) is 3. The molecular formula is C20H16O3. The first kappa shape index (κ1) is 15.0. The van der Waals surface area contributed by atoms with Crippen LogP contribution in [-0.4, -0.2) is 11.8 Å². The summed E-state index contributed by atoms with van der Waals surface area (Å²) in [6.07, 6.45) is 1.72. The van der Waals surface area contributed by atoms with Crippen molar-refractivity contribution in [3.63, 3.8) is 0 Å². The van der Waals surface area contributed by atoms with Crippen LogP contribution in [0.25, 0.3) is 11.1 Å². The predicted molar refractivity (Wildman–Crippen MR) is 89.7 cm³/mol. The molecule has 0 unspecified atom stereocenters. The average Bonchev–Trinajstić information content (AvgIpc) is 2.93. The Kier molecular flexibility index (Phi) is 3.70. The third-order valence-electron chi connectivity index (χ3n) is 3.94. The number of carbonyl (C=O) groups excluding carboxylic acids is 2. The number of ether oxygens (including phenoxy) is 1. The van der Waals surface area contributed by atoms with Crippen LogP contribution in [0, 0.1) is 0 Å². The second kappa shape index (κ2) is 5.69. The van der Waals surface area contributed by atoms with E-state index in [0.717, 1.165) is 28.3 Å². The number of ketones is 1. The van der Waals surface area contributed by atoms with Crippen molar-refractivity contribution in [2.75, 3.05) is 0 Å². The minimum absolute atomic E-state index is 0.226. The van der Waals surface area contributed by atoms with E-state index in [-0.39, 0.29) is 5.78 Å². The van der Waals surface area contributed by atoms with Crippen LogP contribution in [-0.2, 0) is 11.2 Å². The van der Waals surface area contributed by atoms with Gasteiger partial charge >= 0.3 is 5.97 Å². The van der Waals surface area contributed by atoms with Gasteiger partial charge in [-0.1, -0.05) is 43.5 Å². The lowest BCUT2D eigenvalue weighted by molar-refractivity contribution is -0.129. The number of esters is 1. The highest BCUT2D eigenvalue weighted by molar-refractivity contribution is 6.11. The van der Waals surface area contributed by atoms with E-state index in [2.05, 4.69) is 13.2 Å². The lowest BCUT2D eigenvalue weighted by Gasteiger charge is -2.13. The van der Waals surface area contributed by atoms with Crippen LogP contribution in [0.4, 0.5) is 0 Å².